The van der Waals surface area contributed by atoms with Crippen LogP contribution in [-0.4, -0.2) is 48.9 Å². The van der Waals surface area contributed by atoms with Crippen LogP contribution >= 0.6 is 0 Å². The predicted molar refractivity (Wildman–Crippen MR) is 58.8 cm³/mol. The maximum absolute atomic E-state index is 11.9. The van der Waals surface area contributed by atoms with Gasteiger partial charge in [0.1, 0.15) is 0 Å². The van der Waals surface area contributed by atoms with E-state index >= 15 is 0 Å². The van der Waals surface area contributed by atoms with E-state index in [-0.39, 0.29) is 0 Å². The monoisotopic (exact) mass is 243 g/mol. The van der Waals surface area contributed by atoms with Gasteiger partial charge < -0.3 is 9.47 Å². The number of ether oxygens (including phenoxy) is 2. The van der Waals surface area contributed by atoms with E-state index in [1.54, 1.807) is 13.8 Å². The molecule has 0 N–H and O–H groups in total. The Kier molecular flexibility index (Phi) is 4.03. The summed E-state index contributed by atoms with van der Waals surface area (Å²) < 4.78 is 10.8. The van der Waals surface area contributed by atoms with Crippen LogP contribution in [0.15, 0.2) is 12.7 Å². The lowest BCUT2D eigenvalue weighted by Gasteiger charge is -2.20. The number of ketones is 1. The molecular formula is C11H17NO5. The molecule has 0 aromatic carbocycles. The van der Waals surface area contributed by atoms with Gasteiger partial charge in [-0.3, -0.25) is 14.4 Å². The topological polar surface area (TPSA) is 65.1 Å². The summed E-state index contributed by atoms with van der Waals surface area (Å²) in [4.78, 5) is 28.3. The maximum atomic E-state index is 11.9. The number of hydrogen-bond donors (Lipinski definition) is 0. The third-order valence-electron chi connectivity index (χ3n) is 2.41. The quantitative estimate of drug-likeness (QED) is 0.524. The summed E-state index contributed by atoms with van der Waals surface area (Å²) in [6, 6.07) is 0. The summed E-state index contributed by atoms with van der Waals surface area (Å²) in [7, 11) is 2.79. The lowest BCUT2D eigenvalue weighted by molar-refractivity contribution is -0.187. The van der Waals surface area contributed by atoms with Crippen molar-refractivity contribution in [3.63, 3.8) is 0 Å². The number of rotatable bonds is 4. The first kappa shape index (κ1) is 13.8. The van der Waals surface area contributed by atoms with Gasteiger partial charge in [0.2, 0.25) is 0 Å². The fourth-order valence-corrected chi connectivity index (χ4v) is 1.54. The molecule has 0 spiro atoms. The van der Waals surface area contributed by atoms with E-state index in [0.29, 0.717) is 0 Å². The molecule has 96 valence electrons. The molecule has 6 nitrogen and oxygen atoms in total. The first-order chi connectivity index (χ1) is 7.82. The van der Waals surface area contributed by atoms with Crippen LogP contribution in [0.2, 0.25) is 0 Å². The molecule has 0 unspecified atom stereocenters. The summed E-state index contributed by atoms with van der Waals surface area (Å²) in [5.41, 5.74) is 0. The highest BCUT2D eigenvalue weighted by Crippen LogP contribution is 2.29. The van der Waals surface area contributed by atoms with Crippen molar-refractivity contribution in [3.05, 3.63) is 12.7 Å². The number of carbonyl (C=O) groups is 2. The van der Waals surface area contributed by atoms with Gasteiger partial charge in [0.15, 0.2) is 23.8 Å². The normalized spacial score (nSPS) is 26.6. The second-order valence-electron chi connectivity index (χ2n) is 4.10. The summed E-state index contributed by atoms with van der Waals surface area (Å²) >= 11 is 0. The fraction of sp³-hybridized carbons (Fsp3) is 0.636. The van der Waals surface area contributed by atoms with Crippen molar-refractivity contribution in [2.45, 2.75) is 31.8 Å². The van der Waals surface area contributed by atoms with Gasteiger partial charge in [0.05, 0.1) is 7.11 Å². The van der Waals surface area contributed by atoms with Crippen LogP contribution in [0, 0.1) is 0 Å². The zero-order valence-corrected chi connectivity index (χ0v) is 10.4. The highest BCUT2D eigenvalue weighted by atomic mass is 16.8. The zero-order valence-electron chi connectivity index (χ0n) is 10.4. The average Bonchev–Trinajstić information content (AvgIpc) is 2.62. The Morgan fingerprint density at radius 1 is 1.35 bits per heavy atom. The third kappa shape index (κ3) is 2.91. The molecule has 2 atom stereocenters. The lowest BCUT2D eigenvalue weighted by atomic mass is 10.1. The molecule has 0 aliphatic carbocycles. The number of hydroxylamine groups is 2. The third-order valence-corrected chi connectivity index (χ3v) is 2.41. The number of likely N-dealkylation sites (N-methyl/N-ethyl adjacent to an activating group) is 1. The van der Waals surface area contributed by atoms with Crippen molar-refractivity contribution in [1.29, 1.82) is 0 Å². The van der Waals surface area contributed by atoms with Gasteiger partial charge >= 0.3 is 0 Å². The molecule has 1 aliphatic heterocycles. The standard InChI is InChI=1S/C11H17NO5/c1-6-7(13)8-9(10(14)12(4)15-5)17-11(2,3)16-8/h6,8-9H,1H2,2-5H3/t8-,9+/m0/s1. The molecule has 0 saturated carbocycles. The highest BCUT2D eigenvalue weighted by Gasteiger charge is 2.48. The first-order valence-electron chi connectivity index (χ1n) is 5.16. The van der Waals surface area contributed by atoms with Crippen LogP contribution in [0.5, 0.6) is 0 Å². The van der Waals surface area contributed by atoms with E-state index < -0.39 is 29.7 Å². The molecule has 1 heterocycles. The molecule has 1 fully saturated rings. The Labute approximate surface area is 100 Å². The van der Waals surface area contributed by atoms with Gasteiger partial charge in [0.25, 0.3) is 5.91 Å². The van der Waals surface area contributed by atoms with Crippen molar-refractivity contribution in [3.8, 4) is 0 Å². The SMILES string of the molecule is C=CC(=O)[C@@H]1OC(C)(C)O[C@H]1C(=O)N(C)OC. The average molecular weight is 243 g/mol. The van der Waals surface area contributed by atoms with Gasteiger partial charge in [-0.25, -0.2) is 5.06 Å². The smallest absolute Gasteiger partial charge is 0.278 e. The molecule has 1 aliphatic rings. The number of hydrogen-bond acceptors (Lipinski definition) is 5. The molecule has 0 radical (unpaired) electrons. The Morgan fingerprint density at radius 2 is 1.88 bits per heavy atom. The molecule has 6 heteroatoms. The largest absolute Gasteiger partial charge is 0.336 e. The molecule has 0 bridgehead atoms. The fourth-order valence-electron chi connectivity index (χ4n) is 1.54. The predicted octanol–water partition coefficient (Wildman–Crippen LogP) is 0.281. The summed E-state index contributed by atoms with van der Waals surface area (Å²) in [5.74, 6) is -1.85. The minimum absolute atomic E-state index is 0.390. The van der Waals surface area contributed by atoms with E-state index in [9.17, 15) is 9.59 Å². The van der Waals surface area contributed by atoms with E-state index in [1.807, 2.05) is 0 Å². The number of amides is 1. The Morgan fingerprint density at radius 3 is 2.35 bits per heavy atom. The maximum Gasteiger partial charge on any atom is 0.278 e. The van der Waals surface area contributed by atoms with Crippen molar-refractivity contribution in [1.82, 2.24) is 5.06 Å². The zero-order chi connectivity index (χ0) is 13.2. The van der Waals surface area contributed by atoms with Crippen LogP contribution in [-0.2, 0) is 23.9 Å². The molecule has 1 amide bonds. The second kappa shape index (κ2) is 4.95. The van der Waals surface area contributed by atoms with Gasteiger partial charge in [-0.1, -0.05) is 6.58 Å². The molecule has 0 aromatic heterocycles. The first-order valence-corrected chi connectivity index (χ1v) is 5.16. The minimum Gasteiger partial charge on any atom is -0.336 e. The Bertz CT molecular complexity index is 339. The second-order valence-corrected chi connectivity index (χ2v) is 4.10. The van der Waals surface area contributed by atoms with Crippen molar-refractivity contribution >= 4 is 11.7 Å². The Balaban J connectivity index is 2.91. The molecule has 0 aromatic rings. The molecular weight excluding hydrogens is 226 g/mol. The van der Waals surface area contributed by atoms with Crippen LogP contribution in [0.25, 0.3) is 0 Å². The van der Waals surface area contributed by atoms with Crippen molar-refractivity contribution < 1.29 is 23.9 Å². The van der Waals surface area contributed by atoms with Crippen LogP contribution in [0.3, 0.4) is 0 Å². The number of nitrogens with zero attached hydrogens (tertiary/aromatic N) is 1. The van der Waals surface area contributed by atoms with Crippen LogP contribution < -0.4 is 0 Å². The van der Waals surface area contributed by atoms with E-state index in [0.717, 1.165) is 11.1 Å². The Hall–Kier alpha value is -1.24. The summed E-state index contributed by atoms with van der Waals surface area (Å²) in [6.45, 7) is 6.64. The van der Waals surface area contributed by atoms with E-state index in [1.165, 1.54) is 14.2 Å². The molecule has 1 saturated heterocycles. The van der Waals surface area contributed by atoms with Gasteiger partial charge in [-0.05, 0) is 19.9 Å². The van der Waals surface area contributed by atoms with Gasteiger partial charge in [-0.2, -0.15) is 0 Å². The van der Waals surface area contributed by atoms with Crippen molar-refractivity contribution in [2.24, 2.45) is 0 Å². The van der Waals surface area contributed by atoms with E-state index in [2.05, 4.69) is 6.58 Å². The van der Waals surface area contributed by atoms with E-state index in [4.69, 9.17) is 14.3 Å². The molecule has 1 rings (SSSR count). The lowest BCUT2D eigenvalue weighted by Crippen LogP contribution is -2.44. The summed E-state index contributed by atoms with van der Waals surface area (Å²) in [5, 5.41) is 0.999. The van der Waals surface area contributed by atoms with Gasteiger partial charge in [-0.15, -0.1) is 0 Å². The summed E-state index contributed by atoms with van der Waals surface area (Å²) in [6.07, 6.45) is -0.879. The van der Waals surface area contributed by atoms with Crippen LogP contribution in [0.1, 0.15) is 13.8 Å². The molecule has 17 heavy (non-hydrogen) atoms. The van der Waals surface area contributed by atoms with Gasteiger partial charge in [0, 0.05) is 7.05 Å². The minimum atomic E-state index is -1.01. The van der Waals surface area contributed by atoms with Crippen LogP contribution in [0.4, 0.5) is 0 Å². The van der Waals surface area contributed by atoms with Crippen molar-refractivity contribution in [2.75, 3.05) is 14.2 Å². The highest BCUT2D eigenvalue weighted by molar-refractivity contribution is 5.98. The number of carbonyl (C=O) groups excluding carboxylic acids is 2.